The number of pyridine rings is 2. The van der Waals surface area contributed by atoms with Gasteiger partial charge in [0.25, 0.3) is 5.91 Å². The van der Waals surface area contributed by atoms with Crippen molar-refractivity contribution in [2.75, 3.05) is 0 Å². The van der Waals surface area contributed by atoms with E-state index in [9.17, 15) is 18.0 Å². The number of aromatic nitrogens is 3. The van der Waals surface area contributed by atoms with Gasteiger partial charge in [-0.25, -0.2) is 9.78 Å². The van der Waals surface area contributed by atoms with Crippen LogP contribution in [0.5, 0.6) is 0 Å². The maximum Gasteiger partial charge on any atom is 0.490 e. The fraction of sp³-hybridized carbons (Fsp3) is 0.217. The van der Waals surface area contributed by atoms with Crippen molar-refractivity contribution in [3.63, 3.8) is 0 Å². The van der Waals surface area contributed by atoms with Crippen LogP contribution in [0.15, 0.2) is 60.4 Å². The van der Waals surface area contributed by atoms with E-state index >= 15 is 0 Å². The van der Waals surface area contributed by atoms with Crippen LogP contribution >= 0.6 is 11.3 Å². The van der Waals surface area contributed by atoms with Crippen LogP contribution in [0.4, 0.5) is 13.2 Å². The highest BCUT2D eigenvalue weighted by Crippen LogP contribution is 2.29. The van der Waals surface area contributed by atoms with Gasteiger partial charge in [0.1, 0.15) is 0 Å². The predicted molar refractivity (Wildman–Crippen MR) is 122 cm³/mol. The van der Waals surface area contributed by atoms with Crippen molar-refractivity contribution in [3.8, 4) is 11.4 Å². The third-order valence-electron chi connectivity index (χ3n) is 4.62. The zero-order valence-corrected chi connectivity index (χ0v) is 19.0. The van der Waals surface area contributed by atoms with Gasteiger partial charge in [-0.3, -0.25) is 9.78 Å². The highest BCUT2D eigenvalue weighted by atomic mass is 32.1. The molecule has 1 amide bonds. The molecule has 178 valence electrons. The fourth-order valence-corrected chi connectivity index (χ4v) is 3.81. The first-order chi connectivity index (χ1) is 16.1. The maximum absolute atomic E-state index is 12.8. The molecule has 7 nitrogen and oxygen atoms in total. The minimum Gasteiger partial charge on any atom is -0.475 e. The van der Waals surface area contributed by atoms with E-state index < -0.39 is 12.1 Å². The molecule has 11 heteroatoms. The number of carbonyl (C=O) groups is 2. The summed E-state index contributed by atoms with van der Waals surface area (Å²) in [6, 6.07) is 11.6. The molecular weight excluding hydrogens is 469 g/mol. The van der Waals surface area contributed by atoms with Crippen LogP contribution in [0.3, 0.4) is 0 Å². The number of halogens is 3. The summed E-state index contributed by atoms with van der Waals surface area (Å²) in [4.78, 5) is 30.6. The monoisotopic (exact) mass is 490 g/mol. The molecule has 0 radical (unpaired) electrons. The van der Waals surface area contributed by atoms with E-state index in [1.807, 2.05) is 47.0 Å². The third kappa shape index (κ3) is 5.98. The summed E-state index contributed by atoms with van der Waals surface area (Å²) < 4.78 is 33.8. The highest BCUT2D eigenvalue weighted by molar-refractivity contribution is 7.10. The van der Waals surface area contributed by atoms with E-state index in [4.69, 9.17) is 14.9 Å². The lowest BCUT2D eigenvalue weighted by atomic mass is 10.2. The quantitative estimate of drug-likeness (QED) is 0.404. The summed E-state index contributed by atoms with van der Waals surface area (Å²) in [5.41, 5.74) is 4.32. The van der Waals surface area contributed by atoms with E-state index in [-0.39, 0.29) is 5.91 Å². The zero-order valence-electron chi connectivity index (χ0n) is 18.2. The molecule has 0 aliphatic rings. The lowest BCUT2D eigenvalue weighted by Gasteiger charge is -2.04. The van der Waals surface area contributed by atoms with Gasteiger partial charge in [0.2, 0.25) is 0 Å². The Balaban J connectivity index is 0.000000406. The summed E-state index contributed by atoms with van der Waals surface area (Å²) in [7, 11) is 0. The summed E-state index contributed by atoms with van der Waals surface area (Å²) in [5, 5.41) is 13.3. The second-order valence-corrected chi connectivity index (χ2v) is 8.36. The summed E-state index contributed by atoms with van der Waals surface area (Å²) in [6.45, 7) is 4.72. The minimum absolute atomic E-state index is 0.104. The van der Waals surface area contributed by atoms with Crippen LogP contribution < -0.4 is 5.32 Å². The summed E-state index contributed by atoms with van der Waals surface area (Å²) in [5.74, 6) is -2.47. The standard InChI is InChI=1S/C21H20N4OS.C2HF3O2/c1-14(2)21-24-17(13-27-21)19-10-16(18-7-3-4-9-25(18)19)20(26)23-12-15-6-5-8-22-11-15;3-2(4,5)1(6)7/h3-11,13-14H,12H2,1-2H3,(H,23,26);(H,6,7). The molecule has 2 N–H and O–H groups in total. The Morgan fingerprint density at radius 1 is 1.21 bits per heavy atom. The van der Waals surface area contributed by atoms with Gasteiger partial charge in [0.05, 0.1) is 27.5 Å². The van der Waals surface area contributed by atoms with Crippen LogP contribution in [-0.4, -0.2) is 37.5 Å². The van der Waals surface area contributed by atoms with E-state index in [0.717, 1.165) is 27.5 Å². The lowest BCUT2D eigenvalue weighted by Crippen LogP contribution is -2.22. The van der Waals surface area contributed by atoms with Gasteiger partial charge >= 0.3 is 12.1 Å². The number of thiazole rings is 1. The lowest BCUT2D eigenvalue weighted by molar-refractivity contribution is -0.192. The van der Waals surface area contributed by atoms with Crippen LogP contribution in [0.1, 0.15) is 40.7 Å². The molecule has 0 fully saturated rings. The number of hydrogen-bond donors (Lipinski definition) is 2. The Bertz CT molecular complexity index is 1280. The molecule has 0 aliphatic carbocycles. The van der Waals surface area contributed by atoms with Crippen molar-refractivity contribution in [1.82, 2.24) is 19.7 Å². The number of aliphatic carboxylic acids is 1. The number of fused-ring (bicyclic) bond motifs is 1. The molecule has 0 aromatic carbocycles. The number of carboxylic acid groups (broad SMARTS) is 1. The number of carboxylic acids is 1. The van der Waals surface area contributed by atoms with Gasteiger partial charge in [-0.1, -0.05) is 26.0 Å². The van der Waals surface area contributed by atoms with Gasteiger partial charge in [-0.05, 0) is 29.8 Å². The van der Waals surface area contributed by atoms with Gasteiger partial charge in [-0.2, -0.15) is 13.2 Å². The Morgan fingerprint density at radius 2 is 1.94 bits per heavy atom. The van der Waals surface area contributed by atoms with E-state index in [2.05, 4.69) is 29.5 Å². The largest absolute Gasteiger partial charge is 0.490 e. The number of nitrogens with zero attached hydrogens (tertiary/aromatic N) is 3. The Morgan fingerprint density at radius 3 is 2.53 bits per heavy atom. The Labute approximate surface area is 196 Å². The predicted octanol–water partition coefficient (Wildman–Crippen LogP) is 5.14. The molecule has 4 heterocycles. The van der Waals surface area contributed by atoms with Gasteiger partial charge in [-0.15, -0.1) is 11.3 Å². The molecule has 4 aromatic rings. The van der Waals surface area contributed by atoms with Crippen molar-refractivity contribution in [2.45, 2.75) is 32.5 Å². The Hall–Kier alpha value is -3.73. The molecule has 0 saturated carbocycles. The van der Waals surface area contributed by atoms with E-state index in [1.54, 1.807) is 23.7 Å². The number of alkyl halides is 3. The molecule has 0 atom stereocenters. The first-order valence-corrected chi connectivity index (χ1v) is 11.0. The zero-order chi connectivity index (χ0) is 24.9. The highest BCUT2D eigenvalue weighted by Gasteiger charge is 2.38. The summed E-state index contributed by atoms with van der Waals surface area (Å²) in [6.07, 6.45) is 0.363. The first-order valence-electron chi connectivity index (χ1n) is 10.1. The number of carbonyl (C=O) groups excluding carboxylic acids is 1. The van der Waals surface area contributed by atoms with Crippen LogP contribution in [0.2, 0.25) is 0 Å². The van der Waals surface area contributed by atoms with Gasteiger partial charge in [0, 0.05) is 36.4 Å². The van der Waals surface area contributed by atoms with Crippen molar-refractivity contribution < 1.29 is 27.9 Å². The van der Waals surface area contributed by atoms with Crippen LogP contribution in [0, 0.1) is 0 Å². The minimum atomic E-state index is -5.08. The number of hydrogen-bond acceptors (Lipinski definition) is 5. The number of amides is 1. The smallest absolute Gasteiger partial charge is 0.475 e. The van der Waals surface area contributed by atoms with Crippen molar-refractivity contribution in [3.05, 3.63) is 76.5 Å². The van der Waals surface area contributed by atoms with E-state index in [0.29, 0.717) is 18.0 Å². The fourth-order valence-electron chi connectivity index (χ4n) is 2.98. The maximum atomic E-state index is 12.8. The van der Waals surface area contributed by atoms with Gasteiger partial charge in [0.15, 0.2) is 0 Å². The van der Waals surface area contributed by atoms with Gasteiger partial charge < -0.3 is 14.8 Å². The molecule has 0 unspecified atom stereocenters. The normalized spacial score (nSPS) is 11.2. The molecule has 0 bridgehead atoms. The van der Waals surface area contributed by atoms with Crippen LogP contribution in [-0.2, 0) is 11.3 Å². The average molecular weight is 491 g/mol. The molecule has 4 rings (SSSR count). The third-order valence-corrected chi connectivity index (χ3v) is 5.76. The second-order valence-electron chi connectivity index (χ2n) is 7.47. The van der Waals surface area contributed by atoms with Crippen LogP contribution in [0.25, 0.3) is 16.9 Å². The first kappa shape index (κ1) is 24.9. The SMILES string of the molecule is CC(C)c1nc(-c2cc(C(=O)NCc3cccnc3)c3ccccn23)cs1.O=C(O)C(F)(F)F. The topological polar surface area (TPSA) is 96.6 Å². The molecule has 4 aromatic heterocycles. The second kappa shape index (κ2) is 10.5. The van der Waals surface area contributed by atoms with Crippen molar-refractivity contribution >= 4 is 28.7 Å². The Kier molecular flexibility index (Phi) is 7.67. The molecule has 34 heavy (non-hydrogen) atoms. The van der Waals surface area contributed by atoms with Crippen molar-refractivity contribution in [2.24, 2.45) is 0 Å². The summed E-state index contributed by atoms with van der Waals surface area (Å²) >= 11 is 1.65. The molecule has 0 spiro atoms. The van der Waals surface area contributed by atoms with Crippen molar-refractivity contribution in [1.29, 1.82) is 0 Å². The van der Waals surface area contributed by atoms with E-state index in [1.165, 1.54) is 0 Å². The average Bonchev–Trinajstić information content (AvgIpc) is 3.43. The molecule has 0 saturated heterocycles. The number of rotatable bonds is 5. The molecular formula is C23H21F3N4O3S. The molecule has 0 aliphatic heterocycles. The number of nitrogens with one attached hydrogen (secondary N) is 1.